The monoisotopic (exact) mass is 213 g/mol. The second kappa shape index (κ2) is 5.68. The first-order valence-electron chi connectivity index (χ1n) is 3.36. The van der Waals surface area contributed by atoms with Crippen LogP contribution in [0.1, 0.15) is 19.8 Å². The first kappa shape index (κ1) is 12.6. The molecule has 0 aromatic rings. The van der Waals surface area contributed by atoms with Gasteiger partial charge in [0.15, 0.2) is 0 Å². The second-order valence-electron chi connectivity index (χ2n) is 3.37. The van der Waals surface area contributed by atoms with Crippen LogP contribution in [0.3, 0.4) is 0 Å². The van der Waals surface area contributed by atoms with E-state index in [1.54, 1.807) is 0 Å². The van der Waals surface area contributed by atoms with Crippen molar-refractivity contribution in [3.05, 3.63) is 0 Å². The Morgan fingerprint density at radius 1 is 1.11 bits per heavy atom. The highest BCUT2D eigenvalue weighted by atomic mass is 79.9. The normalized spacial score (nSPS) is 10.7. The van der Waals surface area contributed by atoms with Gasteiger partial charge in [-0.2, -0.15) is 0 Å². The van der Waals surface area contributed by atoms with Crippen LogP contribution in [0.15, 0.2) is 0 Å². The maximum Gasteiger partial charge on any atom is 0.0586 e. The molecule has 0 heterocycles. The highest BCUT2D eigenvalue weighted by Gasteiger charge is 2.14. The molecule has 0 fully saturated rings. The minimum atomic E-state index is -0.432. The van der Waals surface area contributed by atoms with Crippen LogP contribution in [0.25, 0.3) is 0 Å². The molecule has 0 amide bonds. The van der Waals surface area contributed by atoms with Crippen LogP contribution in [0.2, 0.25) is 0 Å². The molecule has 0 aromatic carbocycles. The second-order valence-corrected chi connectivity index (χ2v) is 8.40. The predicted octanol–water partition coefficient (Wildman–Crippen LogP) is 3.27. The summed E-state index contributed by atoms with van der Waals surface area (Å²) in [6.07, 6.45) is 4.26. The minimum Gasteiger partial charge on any atom is -0.114 e. The van der Waals surface area contributed by atoms with Crippen molar-refractivity contribution in [2.75, 3.05) is 26.2 Å². The van der Waals surface area contributed by atoms with Gasteiger partial charge in [-0.25, -0.2) is 0 Å². The standard InChI is InChI=1S/C7H18P.BrH/c1-5-6-7-8(2,3)4;/h5-7H2,1-4H3;1H/q+1;. The fraction of sp³-hybridized carbons (Fsp3) is 1.00. The maximum absolute atomic E-state index is 2.41. The van der Waals surface area contributed by atoms with Crippen LogP contribution >= 0.6 is 24.2 Å². The minimum absolute atomic E-state index is 0. The first-order chi connectivity index (χ1) is 3.56. The summed E-state index contributed by atoms with van der Waals surface area (Å²) in [4.78, 5) is 0. The summed E-state index contributed by atoms with van der Waals surface area (Å²) in [6, 6.07) is 0. The summed E-state index contributed by atoms with van der Waals surface area (Å²) in [5, 5.41) is 0. The van der Waals surface area contributed by atoms with Crippen molar-refractivity contribution in [1.82, 2.24) is 0 Å². The SMILES string of the molecule is Br.CCCC[P+](C)(C)C. The molecule has 0 aliphatic rings. The molecule has 0 aliphatic heterocycles. The van der Waals surface area contributed by atoms with Crippen molar-refractivity contribution in [1.29, 1.82) is 0 Å². The lowest BCUT2D eigenvalue weighted by atomic mass is 10.4. The molecule has 9 heavy (non-hydrogen) atoms. The molecule has 0 spiro atoms. The average molecular weight is 214 g/mol. The molecule has 0 atom stereocenters. The Labute approximate surface area is 70.5 Å². The van der Waals surface area contributed by atoms with E-state index in [4.69, 9.17) is 0 Å². The number of hydrogen-bond acceptors (Lipinski definition) is 0. The van der Waals surface area contributed by atoms with E-state index in [1.165, 1.54) is 19.0 Å². The summed E-state index contributed by atoms with van der Waals surface area (Å²) in [5.41, 5.74) is 0. The molecule has 0 saturated carbocycles. The van der Waals surface area contributed by atoms with Gasteiger partial charge in [0.25, 0.3) is 0 Å². The molecule has 0 rings (SSSR count). The van der Waals surface area contributed by atoms with E-state index in [-0.39, 0.29) is 17.0 Å². The zero-order chi connectivity index (χ0) is 6.62. The van der Waals surface area contributed by atoms with Crippen molar-refractivity contribution >= 4 is 24.2 Å². The van der Waals surface area contributed by atoms with Gasteiger partial charge in [-0.15, -0.1) is 17.0 Å². The van der Waals surface area contributed by atoms with Gasteiger partial charge in [-0.3, -0.25) is 0 Å². The molecule has 0 unspecified atom stereocenters. The molecule has 58 valence electrons. The Morgan fingerprint density at radius 2 is 1.56 bits per heavy atom. The molecule has 0 aliphatic carbocycles. The van der Waals surface area contributed by atoms with Gasteiger partial charge in [-0.1, -0.05) is 13.3 Å². The average Bonchev–Trinajstić information content (AvgIpc) is 1.59. The predicted molar refractivity (Wildman–Crippen MR) is 54.8 cm³/mol. The lowest BCUT2D eigenvalue weighted by Gasteiger charge is -2.09. The Kier molecular flexibility index (Phi) is 7.93. The molecule has 2 heteroatoms. The third-order valence-electron chi connectivity index (χ3n) is 1.18. The summed E-state index contributed by atoms with van der Waals surface area (Å²) in [5.74, 6) is 0. The lowest BCUT2D eigenvalue weighted by molar-refractivity contribution is 0.889. The van der Waals surface area contributed by atoms with Crippen molar-refractivity contribution in [3.8, 4) is 0 Å². The van der Waals surface area contributed by atoms with Crippen LogP contribution in [-0.4, -0.2) is 26.2 Å². The number of unbranched alkanes of at least 4 members (excludes halogenated alkanes) is 1. The van der Waals surface area contributed by atoms with Crippen LogP contribution in [0, 0.1) is 0 Å². The highest BCUT2D eigenvalue weighted by molar-refractivity contribution is 8.93. The zero-order valence-corrected chi connectivity index (χ0v) is 9.58. The van der Waals surface area contributed by atoms with Gasteiger partial charge in [0.1, 0.15) is 0 Å². The van der Waals surface area contributed by atoms with Crippen LogP contribution in [0.5, 0.6) is 0 Å². The van der Waals surface area contributed by atoms with Gasteiger partial charge >= 0.3 is 0 Å². The Hall–Kier alpha value is 0.910. The van der Waals surface area contributed by atoms with Crippen LogP contribution in [0.4, 0.5) is 0 Å². The molecule has 0 radical (unpaired) electrons. The third-order valence-corrected chi connectivity index (χ3v) is 2.84. The van der Waals surface area contributed by atoms with Crippen molar-refractivity contribution in [3.63, 3.8) is 0 Å². The smallest absolute Gasteiger partial charge is 0.0586 e. The maximum atomic E-state index is 2.41. The molecule has 0 aromatic heterocycles. The fourth-order valence-electron chi connectivity index (χ4n) is 0.632. The third kappa shape index (κ3) is 12.2. The van der Waals surface area contributed by atoms with E-state index >= 15 is 0 Å². The zero-order valence-electron chi connectivity index (χ0n) is 6.98. The molecular formula is C7H19BrP+. The van der Waals surface area contributed by atoms with Gasteiger partial charge in [0, 0.05) is 27.3 Å². The first-order valence-corrected chi connectivity index (χ1v) is 6.68. The molecule has 0 saturated heterocycles. The van der Waals surface area contributed by atoms with Gasteiger partial charge < -0.3 is 0 Å². The van der Waals surface area contributed by atoms with Crippen molar-refractivity contribution in [2.24, 2.45) is 0 Å². The van der Waals surface area contributed by atoms with Gasteiger partial charge in [-0.05, 0) is 6.42 Å². The molecule has 0 N–H and O–H groups in total. The van der Waals surface area contributed by atoms with Crippen LogP contribution in [-0.2, 0) is 0 Å². The van der Waals surface area contributed by atoms with E-state index in [1.807, 2.05) is 0 Å². The number of halogens is 1. The van der Waals surface area contributed by atoms with Gasteiger partial charge in [0.2, 0.25) is 0 Å². The van der Waals surface area contributed by atoms with E-state index in [0.29, 0.717) is 0 Å². The number of hydrogen-bond donors (Lipinski definition) is 0. The summed E-state index contributed by atoms with van der Waals surface area (Å²) in [6.45, 7) is 9.48. The van der Waals surface area contributed by atoms with Crippen molar-refractivity contribution < 1.29 is 0 Å². The van der Waals surface area contributed by atoms with Crippen molar-refractivity contribution in [2.45, 2.75) is 19.8 Å². The number of rotatable bonds is 3. The summed E-state index contributed by atoms with van der Waals surface area (Å²) >= 11 is 0. The Morgan fingerprint density at radius 3 is 1.67 bits per heavy atom. The van der Waals surface area contributed by atoms with Gasteiger partial charge in [0.05, 0.1) is 6.16 Å². The molecular weight excluding hydrogens is 195 g/mol. The van der Waals surface area contributed by atoms with Crippen LogP contribution < -0.4 is 0 Å². The Balaban J connectivity index is 0. The highest BCUT2D eigenvalue weighted by Crippen LogP contribution is 2.46. The van der Waals surface area contributed by atoms with E-state index in [2.05, 4.69) is 26.9 Å². The van der Waals surface area contributed by atoms with E-state index in [9.17, 15) is 0 Å². The Bertz CT molecular complexity index is 56.4. The molecule has 0 bridgehead atoms. The van der Waals surface area contributed by atoms with E-state index < -0.39 is 7.26 Å². The van der Waals surface area contributed by atoms with E-state index in [0.717, 1.165) is 0 Å². The fourth-order valence-corrected chi connectivity index (χ4v) is 1.90. The lowest BCUT2D eigenvalue weighted by Crippen LogP contribution is -1.90. The largest absolute Gasteiger partial charge is 0.114 e. The molecule has 0 nitrogen and oxygen atoms in total. The topological polar surface area (TPSA) is 0 Å². The summed E-state index contributed by atoms with van der Waals surface area (Å²) < 4.78 is 0. The summed E-state index contributed by atoms with van der Waals surface area (Å²) in [7, 11) is -0.432. The quantitative estimate of drug-likeness (QED) is 0.632.